The Morgan fingerprint density at radius 2 is 1.77 bits per heavy atom. The molecular formula is C21H21FN4O3S. The molecule has 3 aromatic rings. The van der Waals surface area contributed by atoms with E-state index in [-0.39, 0.29) is 23.0 Å². The van der Waals surface area contributed by atoms with Gasteiger partial charge < -0.3 is 4.57 Å². The number of rotatable bonds is 6. The maximum absolute atomic E-state index is 12.9. The summed E-state index contributed by atoms with van der Waals surface area (Å²) in [5, 5.41) is 9.14. The minimum Gasteiger partial charge on any atom is -0.318 e. The highest BCUT2D eigenvalue weighted by atomic mass is 32.2. The van der Waals surface area contributed by atoms with E-state index in [0.717, 1.165) is 22.6 Å². The Morgan fingerprint density at radius 3 is 2.37 bits per heavy atom. The van der Waals surface area contributed by atoms with Gasteiger partial charge in [0, 0.05) is 22.6 Å². The standard InChI is InChI=1S/C21H21FN4O3S/c1-14-11-17(13-24-25-21(27)12-16-3-5-18(22)6-4-16)15(2)26(14)19-7-9-20(10-8-19)30(23,28)29/h3-11,13H,12H2,1-2H3,(H,25,27)(H2,23,28,29)/b24-13+. The average molecular weight is 428 g/mol. The number of hydrogen-bond donors (Lipinski definition) is 2. The lowest BCUT2D eigenvalue weighted by Crippen LogP contribution is -2.19. The largest absolute Gasteiger partial charge is 0.318 e. The highest BCUT2D eigenvalue weighted by Gasteiger charge is 2.12. The number of aryl methyl sites for hydroxylation is 1. The maximum Gasteiger partial charge on any atom is 0.244 e. The Morgan fingerprint density at radius 1 is 1.13 bits per heavy atom. The summed E-state index contributed by atoms with van der Waals surface area (Å²) in [6.45, 7) is 3.80. The number of nitrogens with one attached hydrogen (secondary N) is 1. The molecule has 0 saturated carbocycles. The molecule has 0 aliphatic heterocycles. The molecule has 9 heteroatoms. The zero-order valence-electron chi connectivity index (χ0n) is 16.5. The minimum atomic E-state index is -3.75. The van der Waals surface area contributed by atoms with Crippen molar-refractivity contribution >= 4 is 22.1 Å². The SMILES string of the molecule is Cc1cc(/C=N/NC(=O)Cc2ccc(F)cc2)c(C)n1-c1ccc(S(N)(=O)=O)cc1. The Balaban J connectivity index is 1.72. The molecule has 3 rings (SSSR count). The van der Waals surface area contributed by atoms with E-state index in [1.54, 1.807) is 30.5 Å². The molecule has 3 N–H and O–H groups in total. The number of sulfonamides is 1. The Labute approximate surface area is 174 Å². The van der Waals surface area contributed by atoms with Gasteiger partial charge in [0.2, 0.25) is 15.9 Å². The van der Waals surface area contributed by atoms with Crippen molar-refractivity contribution in [2.24, 2.45) is 10.2 Å². The van der Waals surface area contributed by atoms with Crippen LogP contribution in [0.3, 0.4) is 0 Å². The molecule has 0 radical (unpaired) electrons. The van der Waals surface area contributed by atoms with Gasteiger partial charge in [0.1, 0.15) is 5.82 Å². The Hall–Kier alpha value is -3.30. The van der Waals surface area contributed by atoms with Crippen LogP contribution in [0.2, 0.25) is 0 Å². The number of hydrazone groups is 1. The number of nitrogens with two attached hydrogens (primary N) is 1. The molecule has 2 aromatic carbocycles. The number of halogens is 1. The van der Waals surface area contributed by atoms with Crippen molar-refractivity contribution in [3.05, 3.63) is 82.9 Å². The molecule has 30 heavy (non-hydrogen) atoms. The van der Waals surface area contributed by atoms with Gasteiger partial charge in [-0.05, 0) is 61.9 Å². The van der Waals surface area contributed by atoms with Gasteiger partial charge in [0.15, 0.2) is 0 Å². The highest BCUT2D eigenvalue weighted by molar-refractivity contribution is 7.89. The van der Waals surface area contributed by atoms with Crippen molar-refractivity contribution in [3.8, 4) is 5.69 Å². The first-order chi connectivity index (χ1) is 14.1. The number of carbonyl (C=O) groups excluding carboxylic acids is 1. The summed E-state index contributed by atoms with van der Waals surface area (Å²) in [4.78, 5) is 12.0. The van der Waals surface area contributed by atoms with Crippen LogP contribution in [-0.2, 0) is 21.2 Å². The van der Waals surface area contributed by atoms with Crippen molar-refractivity contribution in [2.45, 2.75) is 25.2 Å². The molecule has 0 aliphatic rings. The van der Waals surface area contributed by atoms with Crippen LogP contribution in [0.5, 0.6) is 0 Å². The second-order valence-electron chi connectivity index (χ2n) is 6.80. The van der Waals surface area contributed by atoms with E-state index < -0.39 is 10.0 Å². The molecule has 0 bridgehead atoms. The fraction of sp³-hybridized carbons (Fsp3) is 0.143. The molecule has 1 aromatic heterocycles. The number of aromatic nitrogens is 1. The number of hydrogen-bond acceptors (Lipinski definition) is 4. The summed E-state index contributed by atoms with van der Waals surface area (Å²) in [6.07, 6.45) is 1.63. The maximum atomic E-state index is 12.9. The molecule has 0 unspecified atom stereocenters. The lowest BCUT2D eigenvalue weighted by Gasteiger charge is -2.10. The smallest absolute Gasteiger partial charge is 0.244 e. The van der Waals surface area contributed by atoms with Crippen LogP contribution in [-0.4, -0.2) is 25.1 Å². The average Bonchev–Trinajstić information content (AvgIpc) is 2.96. The zero-order chi connectivity index (χ0) is 21.9. The number of benzene rings is 2. The molecule has 0 spiro atoms. The highest BCUT2D eigenvalue weighted by Crippen LogP contribution is 2.21. The van der Waals surface area contributed by atoms with Crippen molar-refractivity contribution in [1.29, 1.82) is 0 Å². The van der Waals surface area contributed by atoms with Crippen LogP contribution in [0.15, 0.2) is 64.6 Å². The lowest BCUT2D eigenvalue weighted by molar-refractivity contribution is -0.120. The molecular weight excluding hydrogens is 407 g/mol. The van der Waals surface area contributed by atoms with Crippen LogP contribution >= 0.6 is 0 Å². The number of carbonyl (C=O) groups is 1. The van der Waals surface area contributed by atoms with Gasteiger partial charge in [-0.3, -0.25) is 4.79 Å². The third-order valence-corrected chi connectivity index (χ3v) is 5.49. The molecule has 0 atom stereocenters. The van der Waals surface area contributed by atoms with Crippen LogP contribution in [0, 0.1) is 19.7 Å². The summed E-state index contributed by atoms with van der Waals surface area (Å²) in [6, 6.07) is 13.8. The van der Waals surface area contributed by atoms with Gasteiger partial charge in [-0.25, -0.2) is 23.4 Å². The van der Waals surface area contributed by atoms with E-state index in [9.17, 15) is 17.6 Å². The fourth-order valence-electron chi connectivity index (χ4n) is 3.10. The quantitative estimate of drug-likeness (QED) is 0.465. The van der Waals surface area contributed by atoms with E-state index >= 15 is 0 Å². The Bertz CT molecular complexity index is 1200. The normalized spacial score (nSPS) is 11.7. The summed E-state index contributed by atoms with van der Waals surface area (Å²) < 4.78 is 37.7. The van der Waals surface area contributed by atoms with Crippen LogP contribution in [0.4, 0.5) is 4.39 Å². The summed E-state index contributed by atoms with van der Waals surface area (Å²) in [5.74, 6) is -0.669. The molecule has 0 aliphatic carbocycles. The van der Waals surface area contributed by atoms with E-state index in [1.165, 1.54) is 24.3 Å². The van der Waals surface area contributed by atoms with E-state index in [1.807, 2.05) is 24.5 Å². The molecule has 156 valence electrons. The summed E-state index contributed by atoms with van der Waals surface area (Å²) >= 11 is 0. The van der Waals surface area contributed by atoms with E-state index in [0.29, 0.717) is 5.56 Å². The van der Waals surface area contributed by atoms with Crippen LogP contribution in [0.1, 0.15) is 22.5 Å². The molecule has 0 fully saturated rings. The molecule has 1 amide bonds. The third kappa shape index (κ3) is 5.00. The van der Waals surface area contributed by atoms with Crippen molar-refractivity contribution in [1.82, 2.24) is 9.99 Å². The monoisotopic (exact) mass is 428 g/mol. The lowest BCUT2D eigenvalue weighted by atomic mass is 10.1. The zero-order valence-corrected chi connectivity index (χ0v) is 17.3. The van der Waals surface area contributed by atoms with Crippen molar-refractivity contribution in [3.63, 3.8) is 0 Å². The predicted molar refractivity (Wildman–Crippen MR) is 112 cm³/mol. The van der Waals surface area contributed by atoms with Crippen LogP contribution in [0.25, 0.3) is 5.69 Å². The van der Waals surface area contributed by atoms with Gasteiger partial charge in [0.05, 0.1) is 17.5 Å². The van der Waals surface area contributed by atoms with Crippen molar-refractivity contribution < 1.29 is 17.6 Å². The third-order valence-electron chi connectivity index (χ3n) is 4.56. The second kappa shape index (κ2) is 8.60. The predicted octanol–water partition coefficient (Wildman–Crippen LogP) is 2.57. The van der Waals surface area contributed by atoms with Crippen molar-refractivity contribution in [2.75, 3.05) is 0 Å². The first-order valence-electron chi connectivity index (χ1n) is 9.03. The molecule has 7 nitrogen and oxygen atoms in total. The Kier molecular flexibility index (Phi) is 6.14. The van der Waals surface area contributed by atoms with Gasteiger partial charge in [-0.1, -0.05) is 12.1 Å². The number of primary sulfonamides is 1. The summed E-state index contributed by atoms with van der Waals surface area (Å²) in [7, 11) is -3.75. The fourth-order valence-corrected chi connectivity index (χ4v) is 3.62. The first-order valence-corrected chi connectivity index (χ1v) is 10.6. The summed E-state index contributed by atoms with van der Waals surface area (Å²) in [5.41, 5.74) is 6.50. The van der Waals surface area contributed by atoms with Crippen LogP contribution < -0.4 is 10.6 Å². The number of amides is 1. The first kappa shape index (κ1) is 21.4. The molecule has 1 heterocycles. The van der Waals surface area contributed by atoms with Gasteiger partial charge in [0.25, 0.3) is 0 Å². The molecule has 0 saturated heterocycles. The van der Waals surface area contributed by atoms with E-state index in [2.05, 4.69) is 10.5 Å². The van der Waals surface area contributed by atoms with Gasteiger partial charge in [-0.15, -0.1) is 0 Å². The number of nitrogens with zero attached hydrogens (tertiary/aromatic N) is 2. The van der Waals surface area contributed by atoms with Gasteiger partial charge in [-0.2, -0.15) is 5.10 Å². The minimum absolute atomic E-state index is 0.0411. The van der Waals surface area contributed by atoms with E-state index in [4.69, 9.17) is 5.14 Å². The van der Waals surface area contributed by atoms with Gasteiger partial charge >= 0.3 is 0 Å². The topological polar surface area (TPSA) is 107 Å². The second-order valence-corrected chi connectivity index (χ2v) is 8.36.